The molecule has 2 atom stereocenters. The summed E-state index contributed by atoms with van der Waals surface area (Å²) in [6, 6.07) is 0.284. The number of imidazole rings is 1. The molecule has 0 aliphatic carbocycles. The first-order valence-electron chi connectivity index (χ1n) is 6.07. The summed E-state index contributed by atoms with van der Waals surface area (Å²) in [4.78, 5) is 4.30. The molecular weight excluding hydrogens is 214 g/mol. The molecule has 2 aromatic rings. The van der Waals surface area contributed by atoms with E-state index < -0.39 is 0 Å². The third-order valence-electron chi connectivity index (χ3n) is 3.59. The highest BCUT2D eigenvalue weighted by molar-refractivity contribution is 5.16. The average Bonchev–Trinajstić information content (AvgIpc) is 3.09. The lowest BCUT2D eigenvalue weighted by molar-refractivity contribution is 0.574. The lowest BCUT2D eigenvalue weighted by Crippen LogP contribution is -2.14. The van der Waals surface area contributed by atoms with E-state index in [4.69, 9.17) is 0 Å². The molecule has 5 heteroatoms. The summed E-state index contributed by atoms with van der Waals surface area (Å²) in [6.07, 6.45) is 8.94. The molecule has 5 nitrogen and oxygen atoms in total. The Bertz CT molecular complexity index is 467. The Morgan fingerprint density at radius 2 is 2.41 bits per heavy atom. The van der Waals surface area contributed by atoms with Crippen molar-refractivity contribution in [2.75, 3.05) is 13.1 Å². The minimum Gasteiger partial charge on any atom is -0.327 e. The fraction of sp³-hybridized carbons (Fsp3) is 0.500. The van der Waals surface area contributed by atoms with Gasteiger partial charge in [-0.25, -0.2) is 4.98 Å². The summed E-state index contributed by atoms with van der Waals surface area (Å²) in [5.74, 6) is 0.590. The Hall–Kier alpha value is -1.62. The molecule has 3 rings (SSSR count). The molecule has 1 fully saturated rings. The highest BCUT2D eigenvalue weighted by atomic mass is 15.1. The molecule has 1 aliphatic rings. The van der Waals surface area contributed by atoms with Crippen LogP contribution in [0.4, 0.5) is 0 Å². The summed E-state index contributed by atoms with van der Waals surface area (Å²) in [5, 5.41) is 10.3. The second-order valence-corrected chi connectivity index (χ2v) is 4.62. The first-order chi connectivity index (χ1) is 8.36. The van der Waals surface area contributed by atoms with Crippen LogP contribution in [-0.4, -0.2) is 32.8 Å². The van der Waals surface area contributed by atoms with E-state index >= 15 is 0 Å². The maximum atomic E-state index is 4.30. The van der Waals surface area contributed by atoms with E-state index in [1.807, 2.05) is 24.9 Å². The average molecular weight is 231 g/mol. The van der Waals surface area contributed by atoms with Crippen molar-refractivity contribution in [3.05, 3.63) is 36.2 Å². The first-order valence-corrected chi connectivity index (χ1v) is 6.07. The highest BCUT2D eigenvalue weighted by Crippen LogP contribution is 2.26. The van der Waals surface area contributed by atoms with Gasteiger partial charge in [0, 0.05) is 36.1 Å². The van der Waals surface area contributed by atoms with E-state index in [-0.39, 0.29) is 6.04 Å². The lowest BCUT2D eigenvalue weighted by atomic mass is 10.0. The van der Waals surface area contributed by atoms with Gasteiger partial charge in [-0.15, -0.1) is 0 Å². The summed E-state index contributed by atoms with van der Waals surface area (Å²) in [5.41, 5.74) is 2.51. The number of aromatic nitrogens is 4. The quantitative estimate of drug-likeness (QED) is 0.837. The molecule has 0 aromatic carbocycles. The van der Waals surface area contributed by atoms with Crippen molar-refractivity contribution in [2.24, 2.45) is 0 Å². The normalized spacial score (nSPS) is 21.8. The number of hydrogen-bond acceptors (Lipinski definition) is 3. The molecule has 17 heavy (non-hydrogen) atoms. The maximum Gasteiger partial charge on any atom is 0.0953 e. The topological polar surface area (TPSA) is 58.5 Å². The Kier molecular flexibility index (Phi) is 2.68. The second kappa shape index (κ2) is 4.33. The molecular formula is C12H17N5. The van der Waals surface area contributed by atoms with E-state index in [1.54, 1.807) is 0 Å². The molecule has 0 bridgehead atoms. The largest absolute Gasteiger partial charge is 0.327 e. The highest BCUT2D eigenvalue weighted by Gasteiger charge is 2.22. The predicted octanol–water partition coefficient (Wildman–Crippen LogP) is 1.29. The summed E-state index contributed by atoms with van der Waals surface area (Å²) in [6.45, 7) is 4.35. The van der Waals surface area contributed by atoms with E-state index in [1.165, 1.54) is 17.7 Å². The van der Waals surface area contributed by atoms with Gasteiger partial charge < -0.3 is 9.88 Å². The fourth-order valence-electron chi connectivity index (χ4n) is 2.51. The van der Waals surface area contributed by atoms with Crippen molar-refractivity contribution in [1.29, 1.82) is 0 Å². The monoisotopic (exact) mass is 231 g/mol. The van der Waals surface area contributed by atoms with Gasteiger partial charge in [0.05, 0.1) is 18.6 Å². The van der Waals surface area contributed by atoms with Crippen LogP contribution in [0.25, 0.3) is 0 Å². The van der Waals surface area contributed by atoms with Crippen LogP contribution in [0, 0.1) is 0 Å². The van der Waals surface area contributed by atoms with Crippen LogP contribution in [0.1, 0.15) is 36.6 Å². The summed E-state index contributed by atoms with van der Waals surface area (Å²) in [7, 11) is 0. The van der Waals surface area contributed by atoms with Gasteiger partial charge in [0.15, 0.2) is 0 Å². The molecule has 1 aliphatic heterocycles. The molecule has 3 heterocycles. The smallest absolute Gasteiger partial charge is 0.0953 e. The van der Waals surface area contributed by atoms with Gasteiger partial charge in [-0.3, -0.25) is 5.10 Å². The standard InChI is InChI=1S/C12H17N5/c1-9(11-5-15-16-6-11)17-8-14-7-12(17)10-2-3-13-4-10/h5-10,13H,2-4H2,1H3,(H,15,16). The van der Waals surface area contributed by atoms with Crippen LogP contribution in [0.2, 0.25) is 0 Å². The lowest BCUT2D eigenvalue weighted by Gasteiger charge is -2.18. The van der Waals surface area contributed by atoms with Gasteiger partial charge in [-0.2, -0.15) is 5.10 Å². The van der Waals surface area contributed by atoms with Crippen LogP contribution in [-0.2, 0) is 0 Å². The third-order valence-corrected chi connectivity index (χ3v) is 3.59. The van der Waals surface area contributed by atoms with Crippen molar-refractivity contribution < 1.29 is 0 Å². The van der Waals surface area contributed by atoms with Gasteiger partial charge in [-0.1, -0.05) is 0 Å². The fourth-order valence-corrected chi connectivity index (χ4v) is 2.51. The van der Waals surface area contributed by atoms with E-state index in [0.717, 1.165) is 13.1 Å². The van der Waals surface area contributed by atoms with Crippen molar-refractivity contribution >= 4 is 0 Å². The van der Waals surface area contributed by atoms with Gasteiger partial charge in [0.1, 0.15) is 0 Å². The van der Waals surface area contributed by atoms with Crippen LogP contribution >= 0.6 is 0 Å². The second-order valence-electron chi connectivity index (χ2n) is 4.62. The Morgan fingerprint density at radius 1 is 1.47 bits per heavy atom. The van der Waals surface area contributed by atoms with E-state index in [9.17, 15) is 0 Å². The van der Waals surface area contributed by atoms with Crippen LogP contribution in [0.3, 0.4) is 0 Å². The molecule has 2 aromatic heterocycles. The first kappa shape index (κ1) is 10.5. The maximum absolute atomic E-state index is 4.30. The van der Waals surface area contributed by atoms with Crippen molar-refractivity contribution in [1.82, 2.24) is 25.1 Å². The number of hydrogen-bond donors (Lipinski definition) is 2. The molecule has 1 saturated heterocycles. The Labute approximate surface area is 100 Å². The summed E-state index contributed by atoms with van der Waals surface area (Å²) < 4.78 is 2.25. The molecule has 2 unspecified atom stereocenters. The predicted molar refractivity (Wildman–Crippen MR) is 64.9 cm³/mol. The number of rotatable bonds is 3. The zero-order valence-electron chi connectivity index (χ0n) is 9.93. The minimum absolute atomic E-state index is 0.284. The van der Waals surface area contributed by atoms with E-state index in [0.29, 0.717) is 5.92 Å². The van der Waals surface area contributed by atoms with Crippen molar-refractivity contribution in [3.63, 3.8) is 0 Å². The Morgan fingerprint density at radius 3 is 3.12 bits per heavy atom. The van der Waals surface area contributed by atoms with Gasteiger partial charge in [-0.05, 0) is 19.9 Å². The van der Waals surface area contributed by atoms with Crippen molar-refractivity contribution in [2.45, 2.75) is 25.3 Å². The van der Waals surface area contributed by atoms with Gasteiger partial charge >= 0.3 is 0 Å². The molecule has 90 valence electrons. The van der Waals surface area contributed by atoms with Crippen LogP contribution in [0.15, 0.2) is 24.9 Å². The zero-order chi connectivity index (χ0) is 11.7. The van der Waals surface area contributed by atoms with Crippen molar-refractivity contribution in [3.8, 4) is 0 Å². The third kappa shape index (κ3) is 1.86. The number of nitrogens with zero attached hydrogens (tertiary/aromatic N) is 3. The van der Waals surface area contributed by atoms with Crippen LogP contribution in [0.5, 0.6) is 0 Å². The molecule has 0 amide bonds. The molecule has 0 radical (unpaired) electrons. The number of aromatic amines is 1. The van der Waals surface area contributed by atoms with Gasteiger partial charge in [0.25, 0.3) is 0 Å². The summed E-state index contributed by atoms with van der Waals surface area (Å²) >= 11 is 0. The van der Waals surface area contributed by atoms with E-state index in [2.05, 4.69) is 32.0 Å². The van der Waals surface area contributed by atoms with Gasteiger partial charge in [0.2, 0.25) is 0 Å². The van der Waals surface area contributed by atoms with Crippen LogP contribution < -0.4 is 5.32 Å². The Balaban J connectivity index is 1.90. The SMILES string of the molecule is CC(c1cn[nH]c1)n1cncc1C1CCNC1. The number of H-pyrrole nitrogens is 1. The molecule has 0 spiro atoms. The number of nitrogens with one attached hydrogen (secondary N) is 2. The molecule has 2 N–H and O–H groups in total. The molecule has 0 saturated carbocycles. The zero-order valence-corrected chi connectivity index (χ0v) is 9.93. The minimum atomic E-state index is 0.284.